The van der Waals surface area contributed by atoms with Crippen LogP contribution < -0.4 is 5.32 Å². The number of hydrogen-bond donors (Lipinski definition) is 1. The minimum atomic E-state index is 0.759. The number of thiazole rings is 1. The molecule has 3 aromatic rings. The summed E-state index contributed by atoms with van der Waals surface area (Å²) in [5.41, 5.74) is 5.60. The van der Waals surface area contributed by atoms with Crippen molar-refractivity contribution in [1.82, 2.24) is 14.4 Å². The number of aryl methyl sites for hydroxylation is 3. The minimum Gasteiger partial charge on any atom is -0.378 e. The highest BCUT2D eigenvalue weighted by molar-refractivity contribution is 7.15. The molecular formula is C14H16N4S. The number of hydrogen-bond acceptors (Lipinski definition) is 4. The summed E-state index contributed by atoms with van der Waals surface area (Å²) < 4.78 is 2.22. The second-order valence-corrected chi connectivity index (χ2v) is 5.52. The lowest BCUT2D eigenvalue weighted by Gasteiger charge is -2.07. The number of rotatable bonds is 3. The zero-order valence-corrected chi connectivity index (χ0v) is 12.1. The highest BCUT2D eigenvalue weighted by Gasteiger charge is 2.11. The fraction of sp³-hybridized carbons (Fsp3) is 0.286. The van der Waals surface area contributed by atoms with Gasteiger partial charge in [-0.15, -0.1) is 11.3 Å². The summed E-state index contributed by atoms with van der Waals surface area (Å²) in [5, 5.41) is 5.54. The third-order valence-corrected chi connectivity index (χ3v) is 4.14. The molecule has 4 nitrogen and oxygen atoms in total. The quantitative estimate of drug-likeness (QED) is 0.795. The van der Waals surface area contributed by atoms with Crippen LogP contribution in [-0.2, 0) is 6.54 Å². The van der Waals surface area contributed by atoms with E-state index in [9.17, 15) is 0 Å². The molecule has 0 saturated heterocycles. The van der Waals surface area contributed by atoms with Crippen molar-refractivity contribution in [3.8, 4) is 0 Å². The summed E-state index contributed by atoms with van der Waals surface area (Å²) in [6.07, 6.45) is 1.86. The summed E-state index contributed by atoms with van der Waals surface area (Å²) in [5.74, 6) is 0. The Morgan fingerprint density at radius 3 is 2.84 bits per heavy atom. The van der Waals surface area contributed by atoms with E-state index in [4.69, 9.17) is 0 Å². The molecule has 0 spiro atoms. The summed E-state index contributed by atoms with van der Waals surface area (Å²) in [7, 11) is 0. The molecule has 0 atom stereocenters. The molecule has 98 valence electrons. The second-order valence-electron chi connectivity index (χ2n) is 4.68. The number of nitrogens with zero attached hydrogens (tertiary/aromatic N) is 3. The van der Waals surface area contributed by atoms with Crippen molar-refractivity contribution in [3.63, 3.8) is 0 Å². The first-order chi connectivity index (χ1) is 9.15. The maximum absolute atomic E-state index is 4.59. The summed E-state index contributed by atoms with van der Waals surface area (Å²) in [6, 6.07) is 4.06. The fourth-order valence-corrected chi connectivity index (χ4v) is 3.06. The number of anilines is 1. The van der Waals surface area contributed by atoms with Gasteiger partial charge in [-0.1, -0.05) is 0 Å². The molecule has 3 heterocycles. The Hall–Kier alpha value is -1.88. The van der Waals surface area contributed by atoms with E-state index in [1.807, 2.05) is 19.2 Å². The van der Waals surface area contributed by atoms with Crippen LogP contribution in [0.5, 0.6) is 0 Å². The van der Waals surface area contributed by atoms with Crippen molar-refractivity contribution in [2.24, 2.45) is 0 Å². The molecule has 19 heavy (non-hydrogen) atoms. The van der Waals surface area contributed by atoms with Gasteiger partial charge < -0.3 is 5.32 Å². The van der Waals surface area contributed by atoms with Gasteiger partial charge in [-0.25, -0.2) is 4.98 Å². The van der Waals surface area contributed by atoms with Crippen LogP contribution in [0.25, 0.3) is 4.96 Å². The van der Waals surface area contributed by atoms with E-state index < -0.39 is 0 Å². The van der Waals surface area contributed by atoms with E-state index in [2.05, 4.69) is 45.0 Å². The summed E-state index contributed by atoms with van der Waals surface area (Å²) in [4.78, 5) is 9.94. The number of imidazole rings is 1. The van der Waals surface area contributed by atoms with Crippen LogP contribution in [0.1, 0.15) is 22.8 Å². The molecule has 0 amide bonds. The van der Waals surface area contributed by atoms with E-state index in [0.717, 1.165) is 28.6 Å². The first kappa shape index (κ1) is 12.2. The molecule has 0 aromatic carbocycles. The van der Waals surface area contributed by atoms with Crippen molar-refractivity contribution < 1.29 is 0 Å². The zero-order chi connectivity index (χ0) is 13.4. The molecule has 0 fully saturated rings. The van der Waals surface area contributed by atoms with Crippen LogP contribution in [-0.4, -0.2) is 14.4 Å². The molecule has 0 bridgehead atoms. The van der Waals surface area contributed by atoms with E-state index >= 15 is 0 Å². The Balaban J connectivity index is 1.87. The van der Waals surface area contributed by atoms with E-state index in [0.29, 0.717) is 0 Å². The smallest absolute Gasteiger partial charge is 0.194 e. The number of pyridine rings is 1. The van der Waals surface area contributed by atoms with Crippen LogP contribution >= 0.6 is 11.3 Å². The Kier molecular flexibility index (Phi) is 2.98. The van der Waals surface area contributed by atoms with Crippen molar-refractivity contribution in [2.75, 3.05) is 5.32 Å². The highest BCUT2D eigenvalue weighted by atomic mass is 32.1. The average Bonchev–Trinajstić information content (AvgIpc) is 2.89. The maximum atomic E-state index is 4.59. The zero-order valence-electron chi connectivity index (χ0n) is 11.3. The van der Waals surface area contributed by atoms with Crippen LogP contribution in [0.4, 0.5) is 5.69 Å². The SMILES string of the molecule is Cc1ccc(NCc2c(C)nc3scc(C)n23)cn1. The standard InChI is InChI=1S/C14H16N4S/c1-9-4-5-12(6-15-9)16-7-13-11(3)17-14-18(13)10(2)8-19-14/h4-6,8,16H,7H2,1-3H3. The predicted molar refractivity (Wildman–Crippen MR) is 78.8 cm³/mol. The minimum absolute atomic E-state index is 0.759. The van der Waals surface area contributed by atoms with Gasteiger partial charge in [-0.05, 0) is 32.9 Å². The van der Waals surface area contributed by atoms with Gasteiger partial charge in [0.25, 0.3) is 0 Å². The fourth-order valence-electron chi connectivity index (χ4n) is 2.13. The Labute approximate surface area is 116 Å². The van der Waals surface area contributed by atoms with Gasteiger partial charge in [-0.2, -0.15) is 0 Å². The lowest BCUT2D eigenvalue weighted by molar-refractivity contribution is 0.964. The Bertz CT molecular complexity index is 709. The first-order valence-electron chi connectivity index (χ1n) is 6.23. The molecule has 0 radical (unpaired) electrons. The van der Waals surface area contributed by atoms with Gasteiger partial charge in [0.15, 0.2) is 4.96 Å². The molecule has 3 aromatic heterocycles. The molecule has 5 heteroatoms. The van der Waals surface area contributed by atoms with Gasteiger partial charge in [-0.3, -0.25) is 9.38 Å². The molecule has 0 unspecified atom stereocenters. The number of fused-ring (bicyclic) bond motifs is 1. The largest absolute Gasteiger partial charge is 0.378 e. The highest BCUT2D eigenvalue weighted by Crippen LogP contribution is 2.21. The molecule has 0 aliphatic carbocycles. The van der Waals surface area contributed by atoms with Crippen molar-refractivity contribution >= 4 is 22.0 Å². The molecule has 0 aliphatic rings. The predicted octanol–water partition coefficient (Wildman–Crippen LogP) is 3.33. The third-order valence-electron chi connectivity index (χ3n) is 3.20. The topological polar surface area (TPSA) is 42.2 Å². The molecule has 0 saturated carbocycles. The van der Waals surface area contributed by atoms with Gasteiger partial charge in [0, 0.05) is 16.8 Å². The van der Waals surface area contributed by atoms with Gasteiger partial charge >= 0.3 is 0 Å². The lowest BCUT2D eigenvalue weighted by atomic mass is 10.3. The molecular weight excluding hydrogens is 256 g/mol. The van der Waals surface area contributed by atoms with Gasteiger partial charge in [0.2, 0.25) is 0 Å². The molecule has 3 rings (SSSR count). The van der Waals surface area contributed by atoms with Crippen molar-refractivity contribution in [3.05, 3.63) is 46.5 Å². The number of nitrogens with one attached hydrogen (secondary N) is 1. The summed E-state index contributed by atoms with van der Waals surface area (Å²) in [6.45, 7) is 6.92. The summed E-state index contributed by atoms with van der Waals surface area (Å²) >= 11 is 1.68. The third kappa shape index (κ3) is 2.21. The van der Waals surface area contributed by atoms with Crippen LogP contribution in [0.15, 0.2) is 23.7 Å². The second kappa shape index (κ2) is 4.66. The van der Waals surface area contributed by atoms with E-state index in [-0.39, 0.29) is 0 Å². The lowest BCUT2D eigenvalue weighted by Crippen LogP contribution is -2.05. The Morgan fingerprint density at radius 1 is 1.26 bits per heavy atom. The van der Waals surface area contributed by atoms with Crippen molar-refractivity contribution in [2.45, 2.75) is 27.3 Å². The van der Waals surface area contributed by atoms with E-state index in [1.165, 1.54) is 11.4 Å². The van der Waals surface area contributed by atoms with E-state index in [1.54, 1.807) is 11.3 Å². The first-order valence-corrected chi connectivity index (χ1v) is 7.11. The van der Waals surface area contributed by atoms with Gasteiger partial charge in [0.05, 0.1) is 29.8 Å². The Morgan fingerprint density at radius 2 is 2.11 bits per heavy atom. The molecule has 0 aliphatic heterocycles. The van der Waals surface area contributed by atoms with Gasteiger partial charge in [0.1, 0.15) is 0 Å². The van der Waals surface area contributed by atoms with Crippen LogP contribution in [0, 0.1) is 20.8 Å². The average molecular weight is 272 g/mol. The normalized spacial score (nSPS) is 11.1. The van der Waals surface area contributed by atoms with Crippen LogP contribution in [0.2, 0.25) is 0 Å². The number of aromatic nitrogens is 3. The monoisotopic (exact) mass is 272 g/mol. The molecule has 1 N–H and O–H groups in total. The van der Waals surface area contributed by atoms with Crippen molar-refractivity contribution in [1.29, 1.82) is 0 Å². The maximum Gasteiger partial charge on any atom is 0.194 e. The van der Waals surface area contributed by atoms with Crippen LogP contribution in [0.3, 0.4) is 0 Å².